The largest absolute Gasteiger partial charge is 0.378 e. The maximum Gasteiger partial charge on any atom is 0.265 e. The summed E-state index contributed by atoms with van der Waals surface area (Å²) < 4.78 is 5.49. The molecule has 0 saturated carbocycles. The van der Waals surface area contributed by atoms with Gasteiger partial charge in [0.1, 0.15) is 9.26 Å². The highest BCUT2D eigenvalue weighted by Gasteiger charge is 2.11. The standard InChI is InChI=1S/C8H8IN5O2/c1-16-3-5-6(9)8(15)12-7(11-5)4-2-10-14-13-4/h2H,3H2,1H3,(H,10,13,14)(H,11,12,15). The monoisotopic (exact) mass is 333 g/mol. The highest BCUT2D eigenvalue weighted by atomic mass is 127. The molecule has 0 amide bonds. The number of nitrogens with one attached hydrogen (secondary N) is 2. The van der Waals surface area contributed by atoms with Crippen LogP contribution in [0, 0.1) is 3.57 Å². The van der Waals surface area contributed by atoms with Gasteiger partial charge >= 0.3 is 0 Å². The zero-order valence-corrected chi connectivity index (χ0v) is 10.5. The van der Waals surface area contributed by atoms with Gasteiger partial charge in [-0.05, 0) is 22.6 Å². The Morgan fingerprint density at radius 3 is 3.00 bits per heavy atom. The van der Waals surface area contributed by atoms with Crippen molar-refractivity contribution in [1.82, 2.24) is 25.4 Å². The summed E-state index contributed by atoms with van der Waals surface area (Å²) in [7, 11) is 1.55. The third-order valence-corrected chi connectivity index (χ3v) is 2.98. The van der Waals surface area contributed by atoms with E-state index in [9.17, 15) is 4.79 Å². The number of nitrogens with zero attached hydrogens (tertiary/aromatic N) is 3. The van der Waals surface area contributed by atoms with Gasteiger partial charge in [0.25, 0.3) is 5.56 Å². The summed E-state index contributed by atoms with van der Waals surface area (Å²) >= 11 is 1.93. The molecule has 84 valence electrons. The van der Waals surface area contributed by atoms with Crippen molar-refractivity contribution < 1.29 is 4.74 Å². The van der Waals surface area contributed by atoms with Crippen molar-refractivity contribution in [3.63, 3.8) is 0 Å². The smallest absolute Gasteiger partial charge is 0.265 e. The number of ether oxygens (including phenoxy) is 1. The quantitative estimate of drug-likeness (QED) is 0.788. The maximum atomic E-state index is 11.6. The van der Waals surface area contributed by atoms with Crippen LogP contribution in [0.5, 0.6) is 0 Å². The minimum absolute atomic E-state index is 0.208. The van der Waals surface area contributed by atoms with E-state index in [2.05, 4.69) is 25.4 Å². The number of methoxy groups -OCH3 is 1. The van der Waals surface area contributed by atoms with Crippen molar-refractivity contribution in [1.29, 1.82) is 0 Å². The van der Waals surface area contributed by atoms with Crippen molar-refractivity contribution in [3.05, 3.63) is 25.8 Å². The third-order valence-electron chi connectivity index (χ3n) is 1.87. The molecule has 0 aliphatic carbocycles. The number of hydrogen-bond acceptors (Lipinski definition) is 5. The SMILES string of the molecule is COCc1nc(-c2cn[nH]n2)[nH]c(=O)c1I. The van der Waals surface area contributed by atoms with Crippen molar-refractivity contribution in [3.8, 4) is 11.5 Å². The number of rotatable bonds is 3. The molecule has 0 aliphatic heterocycles. The molecule has 0 saturated heterocycles. The first kappa shape index (κ1) is 11.2. The lowest BCUT2D eigenvalue weighted by Gasteiger charge is -2.03. The second kappa shape index (κ2) is 4.70. The molecule has 0 bridgehead atoms. The molecule has 0 atom stereocenters. The number of aromatic amines is 2. The molecular weight excluding hydrogens is 325 g/mol. The maximum absolute atomic E-state index is 11.6. The number of hydrogen-bond donors (Lipinski definition) is 2. The first-order valence-corrected chi connectivity index (χ1v) is 5.44. The minimum Gasteiger partial charge on any atom is -0.378 e. The molecule has 2 N–H and O–H groups in total. The Kier molecular flexibility index (Phi) is 3.29. The molecule has 0 fully saturated rings. The summed E-state index contributed by atoms with van der Waals surface area (Å²) in [5, 5.41) is 9.96. The van der Waals surface area contributed by atoms with E-state index in [0.717, 1.165) is 0 Å². The van der Waals surface area contributed by atoms with E-state index >= 15 is 0 Å². The van der Waals surface area contributed by atoms with Crippen molar-refractivity contribution in [2.45, 2.75) is 6.61 Å². The van der Waals surface area contributed by atoms with Crippen LogP contribution in [-0.2, 0) is 11.3 Å². The fraction of sp³-hybridized carbons (Fsp3) is 0.250. The van der Waals surface area contributed by atoms with Crippen molar-refractivity contribution >= 4 is 22.6 Å². The van der Waals surface area contributed by atoms with E-state index in [1.165, 1.54) is 6.20 Å². The van der Waals surface area contributed by atoms with Crippen LogP contribution in [-0.4, -0.2) is 32.5 Å². The van der Waals surface area contributed by atoms with E-state index < -0.39 is 0 Å². The summed E-state index contributed by atoms with van der Waals surface area (Å²) in [5.74, 6) is 0.381. The van der Waals surface area contributed by atoms with E-state index in [0.29, 0.717) is 20.8 Å². The predicted octanol–water partition coefficient (Wildman–Crippen LogP) is 0.306. The van der Waals surface area contributed by atoms with Crippen LogP contribution in [0.25, 0.3) is 11.5 Å². The number of H-pyrrole nitrogens is 2. The van der Waals surface area contributed by atoms with Gasteiger partial charge < -0.3 is 9.72 Å². The van der Waals surface area contributed by atoms with Crippen LogP contribution in [0.15, 0.2) is 11.0 Å². The molecule has 0 spiro atoms. The highest BCUT2D eigenvalue weighted by Crippen LogP contribution is 2.11. The first-order valence-electron chi connectivity index (χ1n) is 4.36. The molecule has 0 aromatic carbocycles. The fourth-order valence-corrected chi connectivity index (χ4v) is 1.59. The van der Waals surface area contributed by atoms with Gasteiger partial charge in [0.15, 0.2) is 5.82 Å². The average molecular weight is 333 g/mol. The second-order valence-corrected chi connectivity index (χ2v) is 4.04. The Balaban J connectivity index is 2.53. The van der Waals surface area contributed by atoms with E-state index in [1.54, 1.807) is 7.11 Å². The fourth-order valence-electron chi connectivity index (χ4n) is 1.17. The lowest BCUT2D eigenvalue weighted by Crippen LogP contribution is -2.16. The van der Waals surface area contributed by atoms with E-state index in [-0.39, 0.29) is 12.2 Å². The number of halogens is 1. The predicted molar refractivity (Wildman–Crippen MR) is 63.7 cm³/mol. The van der Waals surface area contributed by atoms with Gasteiger partial charge in [-0.1, -0.05) is 0 Å². The molecular formula is C8H8IN5O2. The summed E-state index contributed by atoms with van der Waals surface area (Å²) in [6.07, 6.45) is 1.49. The highest BCUT2D eigenvalue weighted by molar-refractivity contribution is 14.1. The Bertz CT molecular complexity index is 536. The summed E-state index contributed by atoms with van der Waals surface area (Å²) in [5.41, 5.74) is 0.872. The topological polar surface area (TPSA) is 96.6 Å². The van der Waals surface area contributed by atoms with Gasteiger partial charge in [-0.2, -0.15) is 15.4 Å². The van der Waals surface area contributed by atoms with Crippen molar-refractivity contribution in [2.24, 2.45) is 0 Å². The van der Waals surface area contributed by atoms with Crippen molar-refractivity contribution in [2.75, 3.05) is 7.11 Å². The van der Waals surface area contributed by atoms with Gasteiger partial charge in [0.05, 0.1) is 18.5 Å². The number of aromatic nitrogens is 5. The Morgan fingerprint density at radius 2 is 2.38 bits per heavy atom. The summed E-state index contributed by atoms with van der Waals surface area (Å²) in [4.78, 5) is 18.5. The van der Waals surface area contributed by atoms with Gasteiger partial charge in [0, 0.05) is 7.11 Å². The summed E-state index contributed by atoms with van der Waals surface area (Å²) in [6.45, 7) is 0.285. The van der Waals surface area contributed by atoms with Crippen LogP contribution in [0.4, 0.5) is 0 Å². The lowest BCUT2D eigenvalue weighted by molar-refractivity contribution is 0.180. The molecule has 8 heteroatoms. The van der Waals surface area contributed by atoms with Crippen LogP contribution >= 0.6 is 22.6 Å². The molecule has 0 radical (unpaired) electrons. The summed E-state index contributed by atoms with van der Waals surface area (Å²) in [6, 6.07) is 0. The second-order valence-electron chi connectivity index (χ2n) is 2.96. The van der Waals surface area contributed by atoms with E-state index in [4.69, 9.17) is 4.74 Å². The molecule has 2 aromatic heterocycles. The van der Waals surface area contributed by atoms with Gasteiger partial charge in [-0.25, -0.2) is 4.98 Å². The molecule has 0 unspecified atom stereocenters. The molecule has 2 rings (SSSR count). The molecule has 0 aliphatic rings. The minimum atomic E-state index is -0.208. The average Bonchev–Trinajstić information content (AvgIpc) is 2.78. The van der Waals surface area contributed by atoms with Gasteiger partial charge in [-0.15, -0.1) is 0 Å². The normalized spacial score (nSPS) is 10.6. The zero-order valence-electron chi connectivity index (χ0n) is 8.32. The lowest BCUT2D eigenvalue weighted by atomic mass is 10.4. The first-order chi connectivity index (χ1) is 7.72. The molecule has 16 heavy (non-hydrogen) atoms. The Hall–Kier alpha value is -1.29. The van der Waals surface area contributed by atoms with Gasteiger partial charge in [-0.3, -0.25) is 4.79 Å². The Morgan fingerprint density at radius 1 is 1.56 bits per heavy atom. The van der Waals surface area contributed by atoms with Gasteiger partial charge in [0.2, 0.25) is 0 Å². The van der Waals surface area contributed by atoms with Crippen LogP contribution < -0.4 is 5.56 Å². The van der Waals surface area contributed by atoms with Crippen LogP contribution in [0.2, 0.25) is 0 Å². The van der Waals surface area contributed by atoms with Crippen LogP contribution in [0.1, 0.15) is 5.69 Å². The van der Waals surface area contributed by atoms with E-state index in [1.807, 2.05) is 22.6 Å². The zero-order chi connectivity index (χ0) is 11.5. The molecule has 7 nitrogen and oxygen atoms in total. The van der Waals surface area contributed by atoms with Crippen LogP contribution in [0.3, 0.4) is 0 Å². The molecule has 2 aromatic rings. The molecule has 2 heterocycles. The Labute approximate surface area is 104 Å². The third kappa shape index (κ3) is 2.11.